The first-order valence-electron chi connectivity index (χ1n) is 7.10. The number of rotatable bonds is 7. The Hall–Kier alpha value is -1.75. The molecule has 0 heterocycles. The van der Waals surface area contributed by atoms with Crippen molar-refractivity contribution in [2.45, 2.75) is 26.7 Å². The van der Waals surface area contributed by atoms with Gasteiger partial charge in [-0.15, -0.1) is 0 Å². The van der Waals surface area contributed by atoms with Gasteiger partial charge in [-0.2, -0.15) is 0 Å². The standard InChI is InChI=1S/C15H22ClN3O2/c1-3-7-18-14(20)10-19(8-4-2)15(21)12-9-11(16)5-6-13(12)17/h5-6,9H,3-4,7-8,10,17H2,1-2H3,(H,18,20). The lowest BCUT2D eigenvalue weighted by atomic mass is 10.1. The van der Waals surface area contributed by atoms with Crippen molar-refractivity contribution < 1.29 is 9.59 Å². The molecule has 0 aliphatic heterocycles. The number of hydrogen-bond acceptors (Lipinski definition) is 3. The first-order valence-corrected chi connectivity index (χ1v) is 7.48. The van der Waals surface area contributed by atoms with Crippen LogP contribution in [0.15, 0.2) is 18.2 Å². The summed E-state index contributed by atoms with van der Waals surface area (Å²) in [5, 5.41) is 3.21. The number of benzene rings is 1. The highest BCUT2D eigenvalue weighted by atomic mass is 35.5. The molecule has 0 fully saturated rings. The molecule has 0 aliphatic rings. The van der Waals surface area contributed by atoms with Crippen molar-refractivity contribution in [1.29, 1.82) is 0 Å². The highest BCUT2D eigenvalue weighted by molar-refractivity contribution is 6.31. The molecular formula is C15H22ClN3O2. The quantitative estimate of drug-likeness (QED) is 0.759. The molecule has 0 saturated heterocycles. The number of halogens is 1. The van der Waals surface area contributed by atoms with E-state index in [1.165, 1.54) is 11.0 Å². The topological polar surface area (TPSA) is 75.4 Å². The first-order chi connectivity index (χ1) is 9.99. The molecule has 0 aromatic heterocycles. The summed E-state index contributed by atoms with van der Waals surface area (Å²) >= 11 is 5.91. The van der Waals surface area contributed by atoms with E-state index in [9.17, 15) is 9.59 Å². The maximum atomic E-state index is 12.5. The van der Waals surface area contributed by atoms with E-state index < -0.39 is 0 Å². The maximum absolute atomic E-state index is 12.5. The van der Waals surface area contributed by atoms with Crippen molar-refractivity contribution in [3.05, 3.63) is 28.8 Å². The molecular weight excluding hydrogens is 290 g/mol. The summed E-state index contributed by atoms with van der Waals surface area (Å²) in [6.07, 6.45) is 1.61. The summed E-state index contributed by atoms with van der Waals surface area (Å²) < 4.78 is 0. The monoisotopic (exact) mass is 311 g/mol. The molecule has 0 spiro atoms. The Morgan fingerprint density at radius 1 is 1.29 bits per heavy atom. The predicted octanol–water partition coefficient (Wildman–Crippen LogP) is 2.30. The second-order valence-corrected chi connectivity index (χ2v) is 5.24. The fraction of sp³-hybridized carbons (Fsp3) is 0.467. The van der Waals surface area contributed by atoms with E-state index in [0.717, 1.165) is 12.8 Å². The molecule has 0 bridgehead atoms. The highest BCUT2D eigenvalue weighted by Crippen LogP contribution is 2.19. The molecule has 1 aromatic carbocycles. The van der Waals surface area contributed by atoms with E-state index in [2.05, 4.69) is 5.32 Å². The van der Waals surface area contributed by atoms with Gasteiger partial charge in [0.1, 0.15) is 0 Å². The van der Waals surface area contributed by atoms with Gasteiger partial charge in [0, 0.05) is 23.8 Å². The lowest BCUT2D eigenvalue weighted by Gasteiger charge is -2.22. The zero-order valence-corrected chi connectivity index (χ0v) is 13.2. The Morgan fingerprint density at radius 3 is 2.62 bits per heavy atom. The molecule has 1 aromatic rings. The maximum Gasteiger partial charge on any atom is 0.256 e. The Bertz CT molecular complexity index is 506. The van der Waals surface area contributed by atoms with Crippen molar-refractivity contribution in [1.82, 2.24) is 10.2 Å². The second kappa shape index (κ2) is 8.52. The zero-order valence-electron chi connectivity index (χ0n) is 12.5. The van der Waals surface area contributed by atoms with E-state index in [0.29, 0.717) is 29.4 Å². The van der Waals surface area contributed by atoms with Crippen LogP contribution in [0.5, 0.6) is 0 Å². The number of amides is 2. The van der Waals surface area contributed by atoms with Gasteiger partial charge in [0.2, 0.25) is 5.91 Å². The van der Waals surface area contributed by atoms with Gasteiger partial charge in [0.25, 0.3) is 5.91 Å². The molecule has 2 amide bonds. The third-order valence-electron chi connectivity index (χ3n) is 2.93. The van der Waals surface area contributed by atoms with Crippen molar-refractivity contribution in [2.24, 2.45) is 0 Å². The van der Waals surface area contributed by atoms with E-state index in [-0.39, 0.29) is 18.4 Å². The lowest BCUT2D eigenvalue weighted by Crippen LogP contribution is -2.41. The molecule has 3 N–H and O–H groups in total. The lowest BCUT2D eigenvalue weighted by molar-refractivity contribution is -0.121. The Morgan fingerprint density at radius 2 is 2.00 bits per heavy atom. The van der Waals surface area contributed by atoms with Crippen LogP contribution in [-0.2, 0) is 4.79 Å². The third kappa shape index (κ3) is 5.27. The van der Waals surface area contributed by atoms with Gasteiger partial charge in [-0.05, 0) is 31.0 Å². The van der Waals surface area contributed by atoms with Gasteiger partial charge in [0.15, 0.2) is 0 Å². The largest absolute Gasteiger partial charge is 0.398 e. The zero-order chi connectivity index (χ0) is 15.8. The molecule has 21 heavy (non-hydrogen) atoms. The van der Waals surface area contributed by atoms with Crippen LogP contribution in [0.2, 0.25) is 5.02 Å². The van der Waals surface area contributed by atoms with Crippen molar-refractivity contribution >= 4 is 29.1 Å². The molecule has 0 atom stereocenters. The third-order valence-corrected chi connectivity index (χ3v) is 3.17. The van der Waals surface area contributed by atoms with Gasteiger partial charge < -0.3 is 16.0 Å². The van der Waals surface area contributed by atoms with Crippen molar-refractivity contribution in [3.63, 3.8) is 0 Å². The molecule has 0 radical (unpaired) electrons. The Kier molecular flexibility index (Phi) is 7.02. The number of carbonyl (C=O) groups excluding carboxylic acids is 2. The molecule has 5 nitrogen and oxygen atoms in total. The minimum Gasteiger partial charge on any atom is -0.398 e. The fourth-order valence-electron chi connectivity index (χ4n) is 1.90. The molecule has 6 heteroatoms. The average molecular weight is 312 g/mol. The SMILES string of the molecule is CCCNC(=O)CN(CCC)C(=O)c1cc(Cl)ccc1N. The van der Waals surface area contributed by atoms with Gasteiger partial charge in [0.05, 0.1) is 12.1 Å². The van der Waals surface area contributed by atoms with Crippen LogP contribution in [0.3, 0.4) is 0 Å². The first kappa shape index (κ1) is 17.3. The minimum atomic E-state index is -0.275. The number of nitrogens with one attached hydrogen (secondary N) is 1. The van der Waals surface area contributed by atoms with Gasteiger partial charge >= 0.3 is 0 Å². The summed E-state index contributed by atoms with van der Waals surface area (Å²) in [5.41, 5.74) is 6.52. The summed E-state index contributed by atoms with van der Waals surface area (Å²) in [6.45, 7) is 5.04. The predicted molar refractivity (Wildman–Crippen MR) is 85.4 cm³/mol. The molecule has 0 aliphatic carbocycles. The minimum absolute atomic E-state index is 0.0264. The molecule has 0 unspecified atom stereocenters. The Labute approximate surface area is 130 Å². The second-order valence-electron chi connectivity index (χ2n) is 4.81. The van der Waals surface area contributed by atoms with Gasteiger partial charge in [-0.1, -0.05) is 25.4 Å². The summed E-state index contributed by atoms with van der Waals surface area (Å²) in [7, 11) is 0. The van der Waals surface area contributed by atoms with Crippen LogP contribution in [0, 0.1) is 0 Å². The molecule has 116 valence electrons. The number of nitrogens with two attached hydrogens (primary N) is 1. The van der Waals surface area contributed by atoms with Crippen molar-refractivity contribution in [2.75, 3.05) is 25.4 Å². The fourth-order valence-corrected chi connectivity index (χ4v) is 2.07. The van der Waals surface area contributed by atoms with Crippen molar-refractivity contribution in [3.8, 4) is 0 Å². The number of anilines is 1. The van der Waals surface area contributed by atoms with Crippen LogP contribution in [0.25, 0.3) is 0 Å². The van der Waals surface area contributed by atoms with E-state index in [1.54, 1.807) is 12.1 Å². The average Bonchev–Trinajstić information content (AvgIpc) is 2.46. The number of nitrogens with zero attached hydrogens (tertiary/aromatic N) is 1. The van der Waals surface area contributed by atoms with Crippen LogP contribution in [-0.4, -0.2) is 36.3 Å². The smallest absolute Gasteiger partial charge is 0.256 e. The van der Waals surface area contributed by atoms with Gasteiger partial charge in [-0.25, -0.2) is 0 Å². The summed E-state index contributed by atoms with van der Waals surface area (Å²) in [6, 6.07) is 4.76. The van der Waals surface area contributed by atoms with E-state index in [1.807, 2.05) is 13.8 Å². The summed E-state index contributed by atoms with van der Waals surface area (Å²) in [4.78, 5) is 25.8. The molecule has 0 saturated carbocycles. The van der Waals surface area contributed by atoms with E-state index in [4.69, 9.17) is 17.3 Å². The van der Waals surface area contributed by atoms with Gasteiger partial charge in [-0.3, -0.25) is 9.59 Å². The number of hydrogen-bond donors (Lipinski definition) is 2. The molecule has 1 rings (SSSR count). The van der Waals surface area contributed by atoms with Crippen LogP contribution in [0.1, 0.15) is 37.0 Å². The van der Waals surface area contributed by atoms with Crippen LogP contribution < -0.4 is 11.1 Å². The summed E-state index contributed by atoms with van der Waals surface area (Å²) in [5.74, 6) is -0.442. The highest BCUT2D eigenvalue weighted by Gasteiger charge is 2.20. The number of nitrogen functional groups attached to an aromatic ring is 1. The number of carbonyl (C=O) groups is 2. The Balaban J connectivity index is 2.86. The van der Waals surface area contributed by atoms with Crippen LogP contribution >= 0.6 is 11.6 Å². The van der Waals surface area contributed by atoms with E-state index >= 15 is 0 Å². The van der Waals surface area contributed by atoms with Crippen LogP contribution in [0.4, 0.5) is 5.69 Å². The normalized spacial score (nSPS) is 10.2.